The Morgan fingerprint density at radius 3 is 2.46 bits per heavy atom. The summed E-state index contributed by atoms with van der Waals surface area (Å²) in [6, 6.07) is 14.3. The first-order valence-corrected chi connectivity index (χ1v) is 12.0. The molecule has 0 bridgehead atoms. The number of anilines is 1. The summed E-state index contributed by atoms with van der Waals surface area (Å²) < 4.78 is 16.6. The highest BCUT2D eigenvalue weighted by molar-refractivity contribution is 6.39. The van der Waals surface area contributed by atoms with Gasteiger partial charge in [-0.2, -0.15) is 0 Å². The molecule has 39 heavy (non-hydrogen) atoms. The molecule has 0 aliphatic carbocycles. The molecule has 11 nitrogen and oxygen atoms in total. The SMILES string of the molecule is CCOc1cc(/C=C2\C(=O)NC(=O)N(c3ccc(OC)cc3)C2=O)cc(Cl)c1OCc1cccc([N+](=O)[O-])c1. The molecule has 1 saturated heterocycles. The predicted octanol–water partition coefficient (Wildman–Crippen LogP) is 4.90. The summed E-state index contributed by atoms with van der Waals surface area (Å²) in [4.78, 5) is 49.7. The third kappa shape index (κ3) is 5.99. The number of barbiturate groups is 1. The first-order chi connectivity index (χ1) is 18.7. The lowest BCUT2D eigenvalue weighted by molar-refractivity contribution is -0.384. The van der Waals surface area contributed by atoms with Crippen LogP contribution in [0, 0.1) is 10.1 Å². The van der Waals surface area contributed by atoms with Crippen molar-refractivity contribution in [2.75, 3.05) is 18.6 Å². The van der Waals surface area contributed by atoms with E-state index in [-0.39, 0.29) is 46.7 Å². The number of nitro benzene ring substituents is 1. The molecule has 0 atom stereocenters. The molecular weight excluding hydrogens is 530 g/mol. The van der Waals surface area contributed by atoms with Crippen LogP contribution in [0.5, 0.6) is 17.2 Å². The zero-order valence-electron chi connectivity index (χ0n) is 20.8. The van der Waals surface area contributed by atoms with E-state index in [1.54, 1.807) is 31.2 Å². The second-order valence-corrected chi connectivity index (χ2v) is 8.54. The van der Waals surface area contributed by atoms with Gasteiger partial charge in [0.25, 0.3) is 17.5 Å². The number of nitrogens with zero attached hydrogens (tertiary/aromatic N) is 2. The number of halogens is 1. The van der Waals surface area contributed by atoms with Crippen molar-refractivity contribution in [1.29, 1.82) is 0 Å². The van der Waals surface area contributed by atoms with Gasteiger partial charge in [-0.25, -0.2) is 9.69 Å². The van der Waals surface area contributed by atoms with Crippen molar-refractivity contribution in [1.82, 2.24) is 5.32 Å². The Bertz CT molecular complexity index is 1490. The molecule has 1 N–H and O–H groups in total. The standard InChI is InChI=1S/C27H22ClN3O8/c1-3-38-23-14-17(13-22(28)24(23)39-15-16-5-4-6-19(11-16)31(35)36)12-21-25(32)29-27(34)30(26(21)33)18-7-9-20(37-2)10-8-18/h4-14H,3,15H2,1-2H3,(H,29,32,34)/b21-12+. The highest BCUT2D eigenvalue weighted by Crippen LogP contribution is 2.38. The van der Waals surface area contributed by atoms with Crippen molar-refractivity contribution >= 4 is 46.9 Å². The first kappa shape index (κ1) is 27.1. The summed E-state index contributed by atoms with van der Waals surface area (Å²) in [6.45, 7) is 1.98. The van der Waals surface area contributed by atoms with Crippen molar-refractivity contribution in [3.63, 3.8) is 0 Å². The number of nitrogens with one attached hydrogen (secondary N) is 1. The largest absolute Gasteiger partial charge is 0.497 e. The fraction of sp³-hybridized carbons (Fsp3) is 0.148. The minimum Gasteiger partial charge on any atom is -0.497 e. The second-order valence-electron chi connectivity index (χ2n) is 8.13. The highest BCUT2D eigenvalue weighted by atomic mass is 35.5. The van der Waals surface area contributed by atoms with Gasteiger partial charge in [0.05, 0.1) is 29.4 Å². The van der Waals surface area contributed by atoms with Crippen LogP contribution in [0.2, 0.25) is 5.02 Å². The van der Waals surface area contributed by atoms with Gasteiger partial charge >= 0.3 is 6.03 Å². The number of hydrogen-bond acceptors (Lipinski definition) is 8. The molecule has 0 aromatic heterocycles. The molecule has 4 rings (SSSR count). The van der Waals surface area contributed by atoms with E-state index in [0.29, 0.717) is 16.9 Å². The Morgan fingerprint density at radius 1 is 1.05 bits per heavy atom. The highest BCUT2D eigenvalue weighted by Gasteiger charge is 2.37. The minimum absolute atomic E-state index is 0.0261. The Hall–Kier alpha value is -4.90. The molecule has 200 valence electrons. The number of methoxy groups -OCH3 is 1. The topological polar surface area (TPSA) is 137 Å². The number of urea groups is 1. The Morgan fingerprint density at radius 2 is 1.79 bits per heavy atom. The van der Waals surface area contributed by atoms with Crippen molar-refractivity contribution in [2.45, 2.75) is 13.5 Å². The van der Waals surface area contributed by atoms with Gasteiger partial charge in [0.1, 0.15) is 17.9 Å². The van der Waals surface area contributed by atoms with Crippen LogP contribution in [0.25, 0.3) is 6.08 Å². The van der Waals surface area contributed by atoms with Crippen molar-refractivity contribution in [3.05, 3.63) is 92.5 Å². The smallest absolute Gasteiger partial charge is 0.335 e. The Labute approximate surface area is 227 Å². The molecule has 0 saturated carbocycles. The molecule has 12 heteroatoms. The fourth-order valence-corrected chi connectivity index (χ4v) is 4.05. The number of rotatable bonds is 9. The van der Waals surface area contributed by atoms with Crippen molar-refractivity contribution in [2.24, 2.45) is 0 Å². The maximum Gasteiger partial charge on any atom is 0.335 e. The summed E-state index contributed by atoms with van der Waals surface area (Å²) in [5.41, 5.74) is 0.756. The maximum atomic E-state index is 13.2. The number of carbonyl (C=O) groups is 3. The van der Waals surface area contributed by atoms with E-state index in [0.717, 1.165) is 4.90 Å². The van der Waals surface area contributed by atoms with Crippen molar-refractivity contribution in [3.8, 4) is 17.2 Å². The summed E-state index contributed by atoms with van der Waals surface area (Å²) >= 11 is 6.48. The van der Waals surface area contributed by atoms with E-state index in [9.17, 15) is 24.5 Å². The van der Waals surface area contributed by atoms with E-state index in [2.05, 4.69) is 5.32 Å². The average Bonchev–Trinajstić information content (AvgIpc) is 2.91. The normalized spacial score (nSPS) is 14.3. The molecule has 1 aliphatic heterocycles. The lowest BCUT2D eigenvalue weighted by Gasteiger charge is -2.26. The van der Waals surface area contributed by atoms with Crippen LogP contribution in [0.1, 0.15) is 18.1 Å². The van der Waals surface area contributed by atoms with Crippen molar-refractivity contribution < 1.29 is 33.5 Å². The predicted molar refractivity (Wildman–Crippen MR) is 142 cm³/mol. The number of carbonyl (C=O) groups excluding carboxylic acids is 3. The third-order valence-electron chi connectivity index (χ3n) is 5.58. The number of hydrogen-bond donors (Lipinski definition) is 1. The first-order valence-electron chi connectivity index (χ1n) is 11.6. The van der Waals surface area contributed by atoms with Crippen LogP contribution in [0.4, 0.5) is 16.2 Å². The number of imide groups is 2. The Balaban J connectivity index is 1.64. The number of amides is 4. The maximum absolute atomic E-state index is 13.2. The van der Waals surface area contributed by atoms with Gasteiger partial charge in [-0.15, -0.1) is 0 Å². The molecule has 3 aromatic rings. The summed E-state index contributed by atoms with van der Waals surface area (Å²) in [5, 5.41) is 13.3. The minimum atomic E-state index is -0.884. The van der Waals surface area contributed by atoms with Gasteiger partial charge in [-0.1, -0.05) is 23.7 Å². The molecule has 3 aromatic carbocycles. The van der Waals surface area contributed by atoms with Crippen LogP contribution >= 0.6 is 11.6 Å². The van der Waals surface area contributed by atoms with Gasteiger partial charge in [0.15, 0.2) is 11.5 Å². The number of non-ortho nitro benzene ring substituents is 1. The second kappa shape index (κ2) is 11.7. The monoisotopic (exact) mass is 551 g/mol. The van der Waals surface area contributed by atoms with Crippen LogP contribution in [-0.4, -0.2) is 36.5 Å². The lowest BCUT2D eigenvalue weighted by atomic mass is 10.1. The molecule has 0 unspecified atom stereocenters. The molecule has 0 spiro atoms. The summed E-state index contributed by atoms with van der Waals surface area (Å²) in [7, 11) is 1.49. The quantitative estimate of drug-likeness (QED) is 0.171. The molecule has 1 heterocycles. The van der Waals surface area contributed by atoms with Gasteiger partial charge in [0.2, 0.25) is 0 Å². The van der Waals surface area contributed by atoms with Gasteiger partial charge < -0.3 is 14.2 Å². The zero-order chi connectivity index (χ0) is 28.1. The zero-order valence-corrected chi connectivity index (χ0v) is 21.6. The fourth-order valence-electron chi connectivity index (χ4n) is 3.78. The van der Waals surface area contributed by atoms with Crippen LogP contribution < -0.4 is 24.4 Å². The van der Waals surface area contributed by atoms with Crippen LogP contribution in [-0.2, 0) is 16.2 Å². The van der Waals surface area contributed by atoms with E-state index in [4.69, 9.17) is 25.8 Å². The van der Waals surface area contributed by atoms with Gasteiger partial charge in [-0.05, 0) is 60.5 Å². The molecule has 4 amide bonds. The molecule has 0 radical (unpaired) electrons. The summed E-state index contributed by atoms with van der Waals surface area (Å²) in [6.07, 6.45) is 1.29. The van der Waals surface area contributed by atoms with E-state index in [1.165, 1.54) is 49.6 Å². The van der Waals surface area contributed by atoms with Gasteiger partial charge in [-0.3, -0.25) is 25.0 Å². The van der Waals surface area contributed by atoms with E-state index in [1.807, 2.05) is 0 Å². The number of nitro groups is 1. The van der Waals surface area contributed by atoms with Crippen LogP contribution in [0.15, 0.2) is 66.2 Å². The third-order valence-corrected chi connectivity index (χ3v) is 5.86. The van der Waals surface area contributed by atoms with E-state index < -0.39 is 22.8 Å². The van der Waals surface area contributed by atoms with Gasteiger partial charge in [0, 0.05) is 12.1 Å². The van der Waals surface area contributed by atoms with E-state index >= 15 is 0 Å². The van der Waals surface area contributed by atoms with Crippen LogP contribution in [0.3, 0.4) is 0 Å². The number of ether oxygens (including phenoxy) is 3. The average molecular weight is 552 g/mol. The molecule has 1 fully saturated rings. The molecular formula is C27H22ClN3O8. The summed E-state index contributed by atoms with van der Waals surface area (Å²) in [5.74, 6) is -0.749. The Kier molecular flexibility index (Phi) is 8.11. The lowest BCUT2D eigenvalue weighted by Crippen LogP contribution is -2.54. The molecule has 1 aliphatic rings. The number of benzene rings is 3.